The second-order valence-corrected chi connectivity index (χ2v) is 5.13. The highest BCUT2D eigenvalue weighted by Gasteiger charge is 2.11. The van der Waals surface area contributed by atoms with E-state index in [0.29, 0.717) is 0 Å². The molecule has 1 aliphatic heterocycles. The number of ether oxygens (including phenoxy) is 1. The SMILES string of the molecule is Cc1cc(C)c(OCCN2CCCC2)c(C)c1. The largest absolute Gasteiger partial charge is 0.492 e. The van der Waals surface area contributed by atoms with Gasteiger partial charge in [0.2, 0.25) is 0 Å². The fourth-order valence-electron chi connectivity index (χ4n) is 2.68. The average Bonchev–Trinajstić information content (AvgIpc) is 2.74. The predicted octanol–water partition coefficient (Wildman–Crippen LogP) is 3.09. The quantitative estimate of drug-likeness (QED) is 0.792. The van der Waals surface area contributed by atoms with E-state index in [2.05, 4.69) is 37.8 Å². The van der Waals surface area contributed by atoms with E-state index in [9.17, 15) is 0 Å². The monoisotopic (exact) mass is 233 g/mol. The highest BCUT2D eigenvalue weighted by molar-refractivity contribution is 5.42. The molecule has 1 heterocycles. The van der Waals surface area contributed by atoms with E-state index in [-0.39, 0.29) is 0 Å². The van der Waals surface area contributed by atoms with Gasteiger partial charge in [0, 0.05) is 6.54 Å². The lowest BCUT2D eigenvalue weighted by Gasteiger charge is -2.17. The van der Waals surface area contributed by atoms with Crippen LogP contribution in [0.1, 0.15) is 29.5 Å². The van der Waals surface area contributed by atoms with Gasteiger partial charge in [0.15, 0.2) is 0 Å². The molecular formula is C15H23NO. The molecule has 0 spiro atoms. The van der Waals surface area contributed by atoms with Crippen LogP contribution in [0.5, 0.6) is 5.75 Å². The molecule has 0 radical (unpaired) electrons. The van der Waals surface area contributed by atoms with Crippen LogP contribution in [0.2, 0.25) is 0 Å². The summed E-state index contributed by atoms with van der Waals surface area (Å²) in [6.07, 6.45) is 2.70. The van der Waals surface area contributed by atoms with Crippen LogP contribution >= 0.6 is 0 Å². The molecule has 17 heavy (non-hydrogen) atoms. The van der Waals surface area contributed by atoms with Gasteiger partial charge < -0.3 is 4.74 Å². The summed E-state index contributed by atoms with van der Waals surface area (Å²) in [4.78, 5) is 2.48. The molecule has 1 fully saturated rings. The molecule has 2 nitrogen and oxygen atoms in total. The second kappa shape index (κ2) is 5.54. The lowest BCUT2D eigenvalue weighted by molar-refractivity contribution is 0.236. The van der Waals surface area contributed by atoms with Crippen LogP contribution in [-0.2, 0) is 0 Å². The van der Waals surface area contributed by atoms with Gasteiger partial charge in [-0.05, 0) is 57.8 Å². The van der Waals surface area contributed by atoms with E-state index in [1.807, 2.05) is 0 Å². The summed E-state index contributed by atoms with van der Waals surface area (Å²) in [7, 11) is 0. The van der Waals surface area contributed by atoms with Crippen LogP contribution in [0.4, 0.5) is 0 Å². The highest BCUT2D eigenvalue weighted by Crippen LogP contribution is 2.24. The van der Waals surface area contributed by atoms with E-state index in [1.165, 1.54) is 42.6 Å². The van der Waals surface area contributed by atoms with E-state index >= 15 is 0 Å². The Morgan fingerprint density at radius 1 is 1.06 bits per heavy atom. The zero-order valence-corrected chi connectivity index (χ0v) is 11.3. The lowest BCUT2D eigenvalue weighted by atomic mass is 10.1. The molecule has 1 aromatic carbocycles. The van der Waals surface area contributed by atoms with Crippen LogP contribution in [0, 0.1) is 20.8 Å². The summed E-state index contributed by atoms with van der Waals surface area (Å²) < 4.78 is 5.94. The maximum Gasteiger partial charge on any atom is 0.125 e. The maximum atomic E-state index is 5.94. The van der Waals surface area contributed by atoms with Gasteiger partial charge >= 0.3 is 0 Å². The van der Waals surface area contributed by atoms with Crippen molar-refractivity contribution in [3.8, 4) is 5.75 Å². The fraction of sp³-hybridized carbons (Fsp3) is 0.600. The summed E-state index contributed by atoms with van der Waals surface area (Å²) in [6, 6.07) is 4.39. The average molecular weight is 233 g/mol. The smallest absolute Gasteiger partial charge is 0.125 e. The third-order valence-corrected chi connectivity index (χ3v) is 3.46. The summed E-state index contributed by atoms with van der Waals surface area (Å²) in [5, 5.41) is 0. The minimum absolute atomic E-state index is 0.810. The van der Waals surface area contributed by atoms with E-state index in [4.69, 9.17) is 4.74 Å². The van der Waals surface area contributed by atoms with Crippen molar-refractivity contribution in [3.05, 3.63) is 28.8 Å². The number of hydrogen-bond donors (Lipinski definition) is 0. The maximum absolute atomic E-state index is 5.94. The van der Waals surface area contributed by atoms with Crippen molar-refractivity contribution in [1.82, 2.24) is 4.90 Å². The van der Waals surface area contributed by atoms with E-state index < -0.39 is 0 Å². The third kappa shape index (κ3) is 3.22. The number of nitrogens with zero attached hydrogens (tertiary/aromatic N) is 1. The molecule has 0 atom stereocenters. The van der Waals surface area contributed by atoms with Gasteiger partial charge in [-0.1, -0.05) is 17.7 Å². The van der Waals surface area contributed by atoms with Crippen molar-refractivity contribution in [3.63, 3.8) is 0 Å². The molecule has 0 saturated carbocycles. The first-order chi connectivity index (χ1) is 8.16. The Morgan fingerprint density at radius 3 is 2.24 bits per heavy atom. The van der Waals surface area contributed by atoms with E-state index in [0.717, 1.165) is 18.9 Å². The molecule has 1 saturated heterocycles. The molecule has 0 aliphatic carbocycles. The minimum atomic E-state index is 0.810. The molecule has 2 rings (SSSR count). The zero-order valence-electron chi connectivity index (χ0n) is 11.3. The fourth-order valence-corrected chi connectivity index (χ4v) is 2.68. The van der Waals surface area contributed by atoms with Crippen molar-refractivity contribution >= 4 is 0 Å². The van der Waals surface area contributed by atoms with Crippen molar-refractivity contribution in [2.24, 2.45) is 0 Å². The Labute approximate surface area is 105 Å². The predicted molar refractivity (Wildman–Crippen MR) is 71.8 cm³/mol. The van der Waals surface area contributed by atoms with Crippen molar-refractivity contribution in [1.29, 1.82) is 0 Å². The molecule has 0 aromatic heterocycles. The molecule has 2 heteroatoms. The number of benzene rings is 1. The number of hydrogen-bond acceptors (Lipinski definition) is 2. The normalized spacial score (nSPS) is 16.4. The van der Waals surface area contributed by atoms with Crippen LogP contribution in [0.15, 0.2) is 12.1 Å². The van der Waals surface area contributed by atoms with Crippen LogP contribution < -0.4 is 4.74 Å². The van der Waals surface area contributed by atoms with Crippen LogP contribution in [0.25, 0.3) is 0 Å². The molecular weight excluding hydrogens is 210 g/mol. The third-order valence-electron chi connectivity index (χ3n) is 3.46. The Balaban J connectivity index is 1.89. The van der Waals surface area contributed by atoms with E-state index in [1.54, 1.807) is 0 Å². The van der Waals surface area contributed by atoms with Crippen molar-refractivity contribution in [2.75, 3.05) is 26.2 Å². The Hall–Kier alpha value is -1.02. The lowest BCUT2D eigenvalue weighted by Crippen LogP contribution is -2.25. The molecule has 0 bridgehead atoms. The van der Waals surface area contributed by atoms with Gasteiger partial charge in [0.05, 0.1) is 0 Å². The van der Waals surface area contributed by atoms with Gasteiger partial charge in [-0.2, -0.15) is 0 Å². The summed E-state index contributed by atoms with van der Waals surface area (Å²) in [5.74, 6) is 1.08. The summed E-state index contributed by atoms with van der Waals surface area (Å²) in [6.45, 7) is 10.8. The zero-order chi connectivity index (χ0) is 12.3. The number of likely N-dealkylation sites (tertiary alicyclic amines) is 1. The molecule has 1 aliphatic rings. The summed E-state index contributed by atoms with van der Waals surface area (Å²) >= 11 is 0. The second-order valence-electron chi connectivity index (χ2n) is 5.13. The van der Waals surface area contributed by atoms with Gasteiger partial charge in [-0.3, -0.25) is 4.90 Å². The minimum Gasteiger partial charge on any atom is -0.492 e. The van der Waals surface area contributed by atoms with Gasteiger partial charge in [0.25, 0.3) is 0 Å². The van der Waals surface area contributed by atoms with Gasteiger partial charge in [-0.15, -0.1) is 0 Å². The first-order valence-corrected chi connectivity index (χ1v) is 6.60. The number of aryl methyl sites for hydroxylation is 3. The number of rotatable bonds is 4. The Kier molecular flexibility index (Phi) is 4.06. The first-order valence-electron chi connectivity index (χ1n) is 6.60. The summed E-state index contributed by atoms with van der Waals surface area (Å²) in [5.41, 5.74) is 3.82. The standard InChI is InChI=1S/C15H23NO/c1-12-10-13(2)15(14(3)11-12)17-9-8-16-6-4-5-7-16/h10-11H,4-9H2,1-3H3. The molecule has 1 aromatic rings. The van der Waals surface area contributed by atoms with Crippen LogP contribution in [-0.4, -0.2) is 31.1 Å². The Morgan fingerprint density at radius 2 is 1.65 bits per heavy atom. The first kappa shape index (κ1) is 12.4. The highest BCUT2D eigenvalue weighted by atomic mass is 16.5. The molecule has 0 amide bonds. The van der Waals surface area contributed by atoms with Gasteiger partial charge in [-0.25, -0.2) is 0 Å². The molecule has 0 N–H and O–H groups in total. The molecule has 94 valence electrons. The van der Waals surface area contributed by atoms with Crippen molar-refractivity contribution in [2.45, 2.75) is 33.6 Å². The topological polar surface area (TPSA) is 12.5 Å². The Bertz CT molecular complexity index is 358. The van der Waals surface area contributed by atoms with Crippen LogP contribution in [0.3, 0.4) is 0 Å². The van der Waals surface area contributed by atoms with Gasteiger partial charge in [0.1, 0.15) is 12.4 Å². The van der Waals surface area contributed by atoms with Crippen molar-refractivity contribution < 1.29 is 4.74 Å². The molecule has 0 unspecified atom stereocenters.